The normalized spacial score (nSPS) is 15.7. The van der Waals surface area contributed by atoms with Crippen molar-refractivity contribution in [3.8, 4) is 0 Å². The maximum Gasteiger partial charge on any atom is 0.0724 e. The number of hydrogen-bond acceptors (Lipinski definition) is 2. The second kappa shape index (κ2) is 8.52. The highest BCUT2D eigenvalue weighted by molar-refractivity contribution is 4.75. The van der Waals surface area contributed by atoms with Gasteiger partial charge in [0.2, 0.25) is 0 Å². The second-order valence-corrected chi connectivity index (χ2v) is 3.53. The monoisotopic (exact) mass is 187 g/mol. The Hall–Kier alpha value is -0.0800. The largest absolute Gasteiger partial charge is 0.380 e. The van der Waals surface area contributed by atoms with E-state index in [1.807, 2.05) is 7.11 Å². The summed E-state index contributed by atoms with van der Waals surface area (Å²) in [6.45, 7) is 7.72. The van der Waals surface area contributed by atoms with Gasteiger partial charge in [-0.2, -0.15) is 0 Å². The van der Waals surface area contributed by atoms with Crippen molar-refractivity contribution in [2.75, 3.05) is 13.7 Å². The van der Waals surface area contributed by atoms with Crippen LogP contribution in [-0.4, -0.2) is 25.8 Å². The Balaban J connectivity index is 3.84. The van der Waals surface area contributed by atoms with Gasteiger partial charge in [0.1, 0.15) is 0 Å². The smallest absolute Gasteiger partial charge is 0.0724 e. The van der Waals surface area contributed by atoms with Crippen LogP contribution in [-0.2, 0) is 4.74 Å². The Morgan fingerprint density at radius 2 is 1.85 bits per heavy atom. The van der Waals surface area contributed by atoms with E-state index in [1.54, 1.807) is 0 Å². The van der Waals surface area contributed by atoms with Crippen molar-refractivity contribution >= 4 is 0 Å². The van der Waals surface area contributed by atoms with Crippen LogP contribution < -0.4 is 5.32 Å². The highest BCUT2D eigenvalue weighted by Gasteiger charge is 2.17. The first-order valence-electron chi connectivity index (χ1n) is 5.56. The molecule has 0 amide bonds. The molecule has 0 aromatic heterocycles. The molecule has 0 heterocycles. The summed E-state index contributed by atoms with van der Waals surface area (Å²) in [4.78, 5) is 0. The van der Waals surface area contributed by atoms with Crippen molar-refractivity contribution in [3.05, 3.63) is 0 Å². The van der Waals surface area contributed by atoms with E-state index >= 15 is 0 Å². The third-order valence-electron chi connectivity index (χ3n) is 2.42. The second-order valence-electron chi connectivity index (χ2n) is 3.53. The fourth-order valence-electron chi connectivity index (χ4n) is 1.64. The minimum Gasteiger partial charge on any atom is -0.380 e. The van der Waals surface area contributed by atoms with Gasteiger partial charge >= 0.3 is 0 Å². The number of ether oxygens (including phenoxy) is 1. The highest BCUT2D eigenvalue weighted by atomic mass is 16.5. The van der Waals surface area contributed by atoms with Gasteiger partial charge in [0.25, 0.3) is 0 Å². The summed E-state index contributed by atoms with van der Waals surface area (Å²) in [5.74, 6) is 0. The van der Waals surface area contributed by atoms with Gasteiger partial charge in [-0.1, -0.05) is 27.2 Å². The lowest BCUT2D eigenvalue weighted by atomic mass is 10.0. The van der Waals surface area contributed by atoms with Gasteiger partial charge in [-0.3, -0.25) is 0 Å². The van der Waals surface area contributed by atoms with Crippen LogP contribution in [0.5, 0.6) is 0 Å². The average molecular weight is 187 g/mol. The molecule has 0 bridgehead atoms. The van der Waals surface area contributed by atoms with E-state index in [0.29, 0.717) is 12.1 Å². The van der Waals surface area contributed by atoms with Crippen LogP contribution in [0.1, 0.15) is 46.5 Å². The number of rotatable bonds is 8. The standard InChI is InChI=1S/C11H25NO/c1-5-8-11(13-4)10(7-3)12-9-6-2/h10-12H,5-9H2,1-4H3. The number of methoxy groups -OCH3 is 1. The summed E-state index contributed by atoms with van der Waals surface area (Å²) in [7, 11) is 1.82. The van der Waals surface area contributed by atoms with E-state index in [4.69, 9.17) is 4.74 Å². The molecular weight excluding hydrogens is 162 g/mol. The molecule has 0 rings (SSSR count). The lowest BCUT2D eigenvalue weighted by Gasteiger charge is -2.25. The molecule has 2 nitrogen and oxygen atoms in total. The van der Waals surface area contributed by atoms with Gasteiger partial charge in [0.05, 0.1) is 6.10 Å². The lowest BCUT2D eigenvalue weighted by Crippen LogP contribution is -2.40. The van der Waals surface area contributed by atoms with Crippen molar-refractivity contribution in [3.63, 3.8) is 0 Å². The molecule has 1 N–H and O–H groups in total. The molecule has 0 radical (unpaired) electrons. The van der Waals surface area contributed by atoms with Crippen LogP contribution in [0.15, 0.2) is 0 Å². The third-order valence-corrected chi connectivity index (χ3v) is 2.42. The van der Waals surface area contributed by atoms with Gasteiger partial charge in [-0.25, -0.2) is 0 Å². The zero-order valence-electron chi connectivity index (χ0n) is 9.60. The molecule has 0 saturated carbocycles. The Morgan fingerprint density at radius 1 is 1.15 bits per heavy atom. The predicted octanol–water partition coefficient (Wildman–Crippen LogP) is 2.58. The topological polar surface area (TPSA) is 21.3 Å². The van der Waals surface area contributed by atoms with Crippen LogP contribution in [0.25, 0.3) is 0 Å². The SMILES string of the molecule is CCCNC(CC)C(CCC)OC. The summed E-state index contributed by atoms with van der Waals surface area (Å²) >= 11 is 0. The first kappa shape index (κ1) is 12.9. The maximum absolute atomic E-state index is 5.48. The Morgan fingerprint density at radius 3 is 2.23 bits per heavy atom. The predicted molar refractivity (Wildman–Crippen MR) is 58.1 cm³/mol. The summed E-state index contributed by atoms with van der Waals surface area (Å²) in [5.41, 5.74) is 0. The zero-order valence-corrected chi connectivity index (χ0v) is 9.60. The molecule has 0 aliphatic rings. The maximum atomic E-state index is 5.48. The Bertz CT molecular complexity index is 106. The molecular formula is C11H25NO. The molecule has 0 spiro atoms. The van der Waals surface area contributed by atoms with Crippen LogP contribution in [0, 0.1) is 0 Å². The molecule has 0 aromatic carbocycles. The van der Waals surface area contributed by atoms with E-state index in [2.05, 4.69) is 26.1 Å². The first-order chi connectivity index (χ1) is 6.29. The summed E-state index contributed by atoms with van der Waals surface area (Å²) in [6.07, 6.45) is 5.09. The van der Waals surface area contributed by atoms with Crippen molar-refractivity contribution in [1.29, 1.82) is 0 Å². The van der Waals surface area contributed by atoms with E-state index in [0.717, 1.165) is 19.4 Å². The molecule has 0 aliphatic heterocycles. The van der Waals surface area contributed by atoms with E-state index < -0.39 is 0 Å². The van der Waals surface area contributed by atoms with Gasteiger partial charge in [-0.15, -0.1) is 0 Å². The van der Waals surface area contributed by atoms with Crippen molar-refractivity contribution in [1.82, 2.24) is 5.32 Å². The Labute approximate surface area is 83.1 Å². The first-order valence-corrected chi connectivity index (χ1v) is 5.56. The molecule has 2 atom stereocenters. The summed E-state index contributed by atoms with van der Waals surface area (Å²) < 4.78 is 5.48. The molecule has 80 valence electrons. The van der Waals surface area contributed by atoms with E-state index in [9.17, 15) is 0 Å². The summed E-state index contributed by atoms with van der Waals surface area (Å²) in [6, 6.07) is 0.532. The van der Waals surface area contributed by atoms with Crippen LogP contribution in [0.3, 0.4) is 0 Å². The third kappa shape index (κ3) is 5.27. The minimum absolute atomic E-state index is 0.390. The number of hydrogen-bond donors (Lipinski definition) is 1. The molecule has 0 aromatic rings. The summed E-state index contributed by atoms with van der Waals surface area (Å²) in [5, 5.41) is 3.53. The van der Waals surface area contributed by atoms with Gasteiger partial charge in [0, 0.05) is 13.2 Å². The van der Waals surface area contributed by atoms with Crippen LogP contribution in [0.4, 0.5) is 0 Å². The zero-order chi connectivity index (χ0) is 10.1. The van der Waals surface area contributed by atoms with Gasteiger partial charge in [-0.05, 0) is 25.8 Å². The van der Waals surface area contributed by atoms with Crippen LogP contribution >= 0.6 is 0 Å². The number of nitrogens with one attached hydrogen (secondary N) is 1. The van der Waals surface area contributed by atoms with Gasteiger partial charge < -0.3 is 10.1 Å². The molecule has 2 heteroatoms. The lowest BCUT2D eigenvalue weighted by molar-refractivity contribution is 0.0597. The molecule has 0 saturated heterocycles. The fraction of sp³-hybridized carbons (Fsp3) is 1.00. The minimum atomic E-state index is 0.390. The average Bonchev–Trinajstić information content (AvgIpc) is 2.17. The Kier molecular flexibility index (Phi) is 8.46. The van der Waals surface area contributed by atoms with E-state index in [-0.39, 0.29) is 0 Å². The molecule has 0 aliphatic carbocycles. The molecule has 2 unspecified atom stereocenters. The van der Waals surface area contributed by atoms with Gasteiger partial charge in [0.15, 0.2) is 0 Å². The highest BCUT2D eigenvalue weighted by Crippen LogP contribution is 2.09. The van der Waals surface area contributed by atoms with Crippen molar-refractivity contribution in [2.45, 2.75) is 58.6 Å². The molecule has 0 fully saturated rings. The molecule has 13 heavy (non-hydrogen) atoms. The van der Waals surface area contributed by atoms with E-state index in [1.165, 1.54) is 12.8 Å². The quantitative estimate of drug-likeness (QED) is 0.630. The fourth-order valence-corrected chi connectivity index (χ4v) is 1.64. The van der Waals surface area contributed by atoms with Crippen molar-refractivity contribution in [2.24, 2.45) is 0 Å². The van der Waals surface area contributed by atoms with Crippen molar-refractivity contribution < 1.29 is 4.74 Å². The van der Waals surface area contributed by atoms with Crippen LogP contribution in [0.2, 0.25) is 0 Å².